The average molecular weight is 471 g/mol. The van der Waals surface area contributed by atoms with E-state index < -0.39 is 0 Å². The van der Waals surface area contributed by atoms with Crippen molar-refractivity contribution in [2.75, 3.05) is 5.75 Å². The number of carbonyl (C=O) groups excluding carboxylic acids is 2. The van der Waals surface area contributed by atoms with Crippen LogP contribution in [0.3, 0.4) is 0 Å². The highest BCUT2D eigenvalue weighted by Crippen LogP contribution is 2.19. The number of hydrogen-bond acceptors (Lipinski definition) is 5. The molecule has 174 valence electrons. The van der Waals surface area contributed by atoms with Crippen molar-refractivity contribution < 1.29 is 14.0 Å². The van der Waals surface area contributed by atoms with E-state index in [1.165, 1.54) is 23.9 Å². The van der Waals surface area contributed by atoms with Crippen molar-refractivity contribution in [2.45, 2.75) is 50.4 Å². The molecule has 0 aliphatic heterocycles. The number of nitrogens with two attached hydrogens (primary N) is 1. The second kappa shape index (κ2) is 11.6. The van der Waals surface area contributed by atoms with Gasteiger partial charge >= 0.3 is 0 Å². The first-order valence-electron chi connectivity index (χ1n) is 10.8. The van der Waals surface area contributed by atoms with Gasteiger partial charge in [0.2, 0.25) is 11.8 Å². The molecule has 0 aliphatic rings. The molecule has 2 amide bonds. The summed E-state index contributed by atoms with van der Waals surface area (Å²) in [5.41, 5.74) is 6.40. The van der Waals surface area contributed by atoms with Crippen LogP contribution in [-0.2, 0) is 16.1 Å². The van der Waals surface area contributed by atoms with Gasteiger partial charge in [0.1, 0.15) is 5.82 Å². The van der Waals surface area contributed by atoms with E-state index in [1.54, 1.807) is 34.9 Å². The van der Waals surface area contributed by atoms with E-state index in [1.807, 2.05) is 13.0 Å². The lowest BCUT2D eigenvalue weighted by Crippen LogP contribution is -2.29. The van der Waals surface area contributed by atoms with Crippen LogP contribution in [-0.4, -0.2) is 27.1 Å². The molecule has 3 aromatic rings. The van der Waals surface area contributed by atoms with E-state index in [9.17, 15) is 18.8 Å². The molecule has 0 saturated carbocycles. The number of unbranched alkanes of at least 4 members (excludes halogenated alkanes) is 2. The summed E-state index contributed by atoms with van der Waals surface area (Å²) in [7, 11) is 0. The van der Waals surface area contributed by atoms with E-state index in [0.717, 1.165) is 12.0 Å². The maximum absolute atomic E-state index is 13.1. The fourth-order valence-corrected chi connectivity index (χ4v) is 4.29. The maximum atomic E-state index is 13.1. The second-order valence-corrected chi connectivity index (χ2v) is 8.72. The molecule has 0 spiro atoms. The van der Waals surface area contributed by atoms with Crippen molar-refractivity contribution in [2.24, 2.45) is 5.73 Å². The highest BCUT2D eigenvalue weighted by molar-refractivity contribution is 7.99. The Morgan fingerprint density at radius 3 is 2.58 bits per heavy atom. The van der Waals surface area contributed by atoms with Gasteiger partial charge in [0.15, 0.2) is 5.16 Å². The quantitative estimate of drug-likeness (QED) is 0.253. The smallest absolute Gasteiger partial charge is 0.262 e. The molecule has 3 N–H and O–H groups in total. The van der Waals surface area contributed by atoms with Crippen molar-refractivity contribution in [3.05, 3.63) is 70.3 Å². The van der Waals surface area contributed by atoms with Crippen molar-refractivity contribution in [1.82, 2.24) is 14.9 Å². The van der Waals surface area contributed by atoms with Crippen LogP contribution in [0.5, 0.6) is 0 Å². The van der Waals surface area contributed by atoms with Crippen LogP contribution in [0.2, 0.25) is 0 Å². The van der Waals surface area contributed by atoms with Gasteiger partial charge in [0.05, 0.1) is 22.7 Å². The van der Waals surface area contributed by atoms with Crippen molar-refractivity contribution in [3.63, 3.8) is 0 Å². The fourth-order valence-electron chi connectivity index (χ4n) is 3.45. The minimum absolute atomic E-state index is 0.0813. The normalized spacial score (nSPS) is 11.9. The highest BCUT2D eigenvalue weighted by Gasteiger charge is 2.15. The number of nitrogens with zero attached hydrogens (tertiary/aromatic N) is 2. The zero-order valence-electron chi connectivity index (χ0n) is 18.4. The second-order valence-electron chi connectivity index (χ2n) is 7.77. The molecule has 1 unspecified atom stereocenters. The Hall–Kier alpha value is -3.20. The van der Waals surface area contributed by atoms with Gasteiger partial charge in [0, 0.05) is 13.0 Å². The molecule has 1 atom stereocenters. The number of amides is 2. The number of thioether (sulfide) groups is 1. The number of carbonyl (C=O) groups is 2. The lowest BCUT2D eigenvalue weighted by Gasteiger charge is -2.15. The van der Waals surface area contributed by atoms with Crippen LogP contribution in [0.15, 0.2) is 58.5 Å². The predicted octanol–water partition coefficient (Wildman–Crippen LogP) is 3.55. The third-order valence-corrected chi connectivity index (χ3v) is 6.19. The minimum atomic E-state index is -0.336. The van der Waals surface area contributed by atoms with Crippen molar-refractivity contribution in [1.29, 1.82) is 0 Å². The van der Waals surface area contributed by atoms with Crippen LogP contribution >= 0.6 is 11.8 Å². The summed E-state index contributed by atoms with van der Waals surface area (Å²) in [4.78, 5) is 41.1. The Morgan fingerprint density at radius 1 is 1.12 bits per heavy atom. The molecule has 7 nitrogen and oxygen atoms in total. The number of benzene rings is 2. The Bertz CT molecular complexity index is 1180. The molecule has 0 saturated heterocycles. The van der Waals surface area contributed by atoms with E-state index in [-0.39, 0.29) is 35.0 Å². The lowest BCUT2D eigenvalue weighted by molar-refractivity contribution is -0.119. The summed E-state index contributed by atoms with van der Waals surface area (Å²) in [5, 5.41) is 3.88. The van der Waals surface area contributed by atoms with Gasteiger partial charge in [-0.25, -0.2) is 9.37 Å². The molecule has 0 radical (unpaired) electrons. The van der Waals surface area contributed by atoms with Crippen LogP contribution in [0.4, 0.5) is 4.39 Å². The predicted molar refractivity (Wildman–Crippen MR) is 127 cm³/mol. The average Bonchev–Trinajstić information content (AvgIpc) is 2.79. The SMILES string of the molecule is CC(NC(=O)CSc1nc2ccccc2c(=O)n1CCCCCC(N)=O)c1ccc(F)cc1. The number of para-hydroxylation sites is 1. The molecular formula is C24H27FN4O3S. The molecular weight excluding hydrogens is 443 g/mol. The molecule has 3 rings (SSSR count). The van der Waals surface area contributed by atoms with Gasteiger partial charge in [-0.05, 0) is 49.6 Å². The molecule has 33 heavy (non-hydrogen) atoms. The molecule has 1 heterocycles. The third-order valence-electron chi connectivity index (χ3n) is 5.21. The van der Waals surface area contributed by atoms with E-state index in [0.29, 0.717) is 41.9 Å². The van der Waals surface area contributed by atoms with Gasteiger partial charge in [-0.1, -0.05) is 42.4 Å². The fraction of sp³-hybridized carbons (Fsp3) is 0.333. The zero-order valence-corrected chi connectivity index (χ0v) is 19.2. The summed E-state index contributed by atoms with van der Waals surface area (Å²) in [6, 6.07) is 12.8. The minimum Gasteiger partial charge on any atom is -0.370 e. The van der Waals surface area contributed by atoms with Crippen molar-refractivity contribution in [3.8, 4) is 0 Å². The van der Waals surface area contributed by atoms with E-state index in [2.05, 4.69) is 10.3 Å². The molecule has 2 aromatic carbocycles. The Morgan fingerprint density at radius 2 is 1.85 bits per heavy atom. The Kier molecular flexibility index (Phi) is 8.59. The molecule has 1 aromatic heterocycles. The number of nitrogens with one attached hydrogen (secondary N) is 1. The summed E-state index contributed by atoms with van der Waals surface area (Å²) in [5.74, 6) is -0.801. The highest BCUT2D eigenvalue weighted by atomic mass is 32.2. The maximum Gasteiger partial charge on any atom is 0.262 e. The van der Waals surface area contributed by atoms with Crippen LogP contribution in [0, 0.1) is 5.82 Å². The monoisotopic (exact) mass is 470 g/mol. The largest absolute Gasteiger partial charge is 0.370 e. The number of primary amides is 1. The summed E-state index contributed by atoms with van der Waals surface area (Å²) in [6.07, 6.45) is 2.42. The Labute approximate surface area is 195 Å². The van der Waals surface area contributed by atoms with Crippen molar-refractivity contribution >= 4 is 34.5 Å². The van der Waals surface area contributed by atoms with Gasteiger partial charge in [-0.15, -0.1) is 0 Å². The summed E-state index contributed by atoms with van der Waals surface area (Å²) >= 11 is 1.20. The summed E-state index contributed by atoms with van der Waals surface area (Å²) < 4.78 is 14.7. The van der Waals surface area contributed by atoms with E-state index in [4.69, 9.17) is 5.73 Å². The van der Waals surface area contributed by atoms with Gasteiger partial charge in [0.25, 0.3) is 5.56 Å². The first-order chi connectivity index (χ1) is 15.8. The van der Waals surface area contributed by atoms with Gasteiger partial charge in [-0.2, -0.15) is 0 Å². The van der Waals surface area contributed by atoms with Crippen LogP contribution in [0.1, 0.15) is 44.2 Å². The molecule has 9 heteroatoms. The number of aromatic nitrogens is 2. The van der Waals surface area contributed by atoms with E-state index >= 15 is 0 Å². The number of hydrogen-bond donors (Lipinski definition) is 2. The first kappa shape index (κ1) is 24.4. The number of halogens is 1. The summed E-state index contributed by atoms with van der Waals surface area (Å²) in [6.45, 7) is 2.26. The molecule has 0 fully saturated rings. The Balaban J connectivity index is 1.69. The third kappa shape index (κ3) is 6.89. The molecule has 0 bridgehead atoms. The van der Waals surface area contributed by atoms with Gasteiger partial charge < -0.3 is 11.1 Å². The number of fused-ring (bicyclic) bond motifs is 1. The van der Waals surface area contributed by atoms with Crippen LogP contribution in [0.25, 0.3) is 10.9 Å². The number of rotatable bonds is 11. The topological polar surface area (TPSA) is 107 Å². The van der Waals surface area contributed by atoms with Gasteiger partial charge in [-0.3, -0.25) is 19.0 Å². The van der Waals surface area contributed by atoms with Crippen LogP contribution < -0.4 is 16.6 Å². The molecule has 0 aliphatic carbocycles. The first-order valence-corrected chi connectivity index (χ1v) is 11.8. The zero-order chi connectivity index (χ0) is 23.8. The standard InChI is InChI=1S/C24H27FN4O3S/c1-16(17-10-12-18(25)13-11-17)27-22(31)15-33-24-28-20-8-5-4-7-19(20)23(32)29(24)14-6-2-3-9-21(26)30/h4-5,7-8,10-13,16H,2-3,6,9,14-15H2,1H3,(H2,26,30)(H,27,31). The lowest BCUT2D eigenvalue weighted by atomic mass is 10.1.